The second-order valence-corrected chi connectivity index (χ2v) is 7.94. The van der Waals surface area contributed by atoms with Crippen LogP contribution in [0.3, 0.4) is 0 Å². The fourth-order valence-corrected chi connectivity index (χ4v) is 3.26. The summed E-state index contributed by atoms with van der Waals surface area (Å²) in [6.07, 6.45) is 0.553. The monoisotopic (exact) mass is 516 g/mol. The van der Waals surface area contributed by atoms with Crippen LogP contribution in [0.2, 0.25) is 10.0 Å². The van der Waals surface area contributed by atoms with E-state index in [0.717, 1.165) is 0 Å². The van der Waals surface area contributed by atoms with Gasteiger partial charge in [0.05, 0.1) is 31.0 Å². The van der Waals surface area contributed by atoms with Gasteiger partial charge in [-0.15, -0.1) is 0 Å². The molecule has 3 aromatic carbocycles. The molecular formula is C25H22Cl2N2O6. The molecule has 0 aliphatic rings. The lowest BCUT2D eigenvalue weighted by Gasteiger charge is -2.14. The lowest BCUT2D eigenvalue weighted by atomic mass is 10.2. The van der Waals surface area contributed by atoms with Crippen molar-refractivity contribution in [3.8, 4) is 23.0 Å². The van der Waals surface area contributed by atoms with Gasteiger partial charge in [0.2, 0.25) is 0 Å². The average molecular weight is 517 g/mol. The molecule has 182 valence electrons. The maximum atomic E-state index is 12.4. The Bertz CT molecular complexity index is 1230. The van der Waals surface area contributed by atoms with Crippen molar-refractivity contribution in [1.29, 1.82) is 0 Å². The molecule has 0 heterocycles. The Morgan fingerprint density at radius 3 is 2.29 bits per heavy atom. The van der Waals surface area contributed by atoms with Crippen LogP contribution in [0.15, 0.2) is 65.8 Å². The molecule has 0 bridgehead atoms. The summed E-state index contributed by atoms with van der Waals surface area (Å²) >= 11 is 11.9. The molecule has 35 heavy (non-hydrogen) atoms. The molecule has 10 heteroatoms. The zero-order valence-corrected chi connectivity index (χ0v) is 20.6. The van der Waals surface area contributed by atoms with E-state index in [1.165, 1.54) is 19.4 Å². The summed E-state index contributed by atoms with van der Waals surface area (Å²) < 4.78 is 21.4. The first kappa shape index (κ1) is 25.9. The number of halogens is 2. The van der Waals surface area contributed by atoms with Gasteiger partial charge in [-0.25, -0.2) is 10.2 Å². The highest BCUT2D eigenvalue weighted by molar-refractivity contribution is 6.35. The summed E-state index contributed by atoms with van der Waals surface area (Å²) in [6, 6.07) is 16.1. The van der Waals surface area contributed by atoms with Gasteiger partial charge in [0.15, 0.2) is 17.6 Å². The number of hydrogen-bond acceptors (Lipinski definition) is 7. The molecule has 0 aliphatic heterocycles. The number of carbonyl (C=O) groups is 2. The zero-order valence-electron chi connectivity index (χ0n) is 19.1. The standard InChI is InChI=1S/C25H22Cl2N2O6/c1-15(34-21-11-7-18(26)13-20(21)27)24(30)29-28-14-16-4-10-22(23(12-16)33-3)35-25(31)17-5-8-19(32-2)9-6-17/h4-15H,1-3H3,(H,29,30)/b28-14-/t15-/m0/s1. The summed E-state index contributed by atoms with van der Waals surface area (Å²) in [7, 11) is 2.99. The predicted molar refractivity (Wildman–Crippen MR) is 133 cm³/mol. The fourth-order valence-electron chi connectivity index (χ4n) is 2.81. The van der Waals surface area contributed by atoms with Gasteiger partial charge in [0.25, 0.3) is 5.91 Å². The molecule has 0 aliphatic carbocycles. The van der Waals surface area contributed by atoms with Crippen LogP contribution < -0.4 is 24.4 Å². The van der Waals surface area contributed by atoms with E-state index in [1.807, 2.05) is 0 Å². The van der Waals surface area contributed by atoms with E-state index in [1.54, 1.807) is 68.6 Å². The average Bonchev–Trinajstić information content (AvgIpc) is 2.86. The second-order valence-electron chi connectivity index (χ2n) is 7.10. The van der Waals surface area contributed by atoms with E-state index in [0.29, 0.717) is 38.4 Å². The Hall–Kier alpha value is -3.75. The molecular weight excluding hydrogens is 495 g/mol. The molecule has 0 spiro atoms. The van der Waals surface area contributed by atoms with Crippen molar-refractivity contribution in [2.24, 2.45) is 5.10 Å². The number of ether oxygens (including phenoxy) is 4. The van der Waals surface area contributed by atoms with Crippen molar-refractivity contribution < 1.29 is 28.5 Å². The molecule has 1 amide bonds. The van der Waals surface area contributed by atoms with E-state index in [9.17, 15) is 9.59 Å². The Kier molecular flexibility index (Phi) is 8.94. The fraction of sp³-hybridized carbons (Fsp3) is 0.160. The van der Waals surface area contributed by atoms with Gasteiger partial charge in [-0.1, -0.05) is 23.2 Å². The van der Waals surface area contributed by atoms with Gasteiger partial charge in [-0.3, -0.25) is 4.79 Å². The Labute approximate surface area is 212 Å². The molecule has 3 aromatic rings. The summed E-state index contributed by atoms with van der Waals surface area (Å²) in [5.74, 6) is 0.475. The molecule has 3 rings (SSSR count). The summed E-state index contributed by atoms with van der Waals surface area (Å²) in [5, 5.41) is 4.69. The highest BCUT2D eigenvalue weighted by atomic mass is 35.5. The Balaban J connectivity index is 1.60. The van der Waals surface area contributed by atoms with Crippen LogP contribution >= 0.6 is 23.2 Å². The quantitative estimate of drug-likeness (QED) is 0.183. The maximum Gasteiger partial charge on any atom is 0.343 e. The molecule has 1 atom stereocenters. The number of methoxy groups -OCH3 is 2. The SMILES string of the molecule is COc1ccc(C(=O)Oc2ccc(/C=N\NC(=O)[C@H](C)Oc3ccc(Cl)cc3Cl)cc2OC)cc1. The van der Waals surface area contributed by atoms with Gasteiger partial charge < -0.3 is 18.9 Å². The van der Waals surface area contributed by atoms with Crippen molar-refractivity contribution in [2.75, 3.05) is 14.2 Å². The molecule has 0 saturated heterocycles. The van der Waals surface area contributed by atoms with Gasteiger partial charge in [0.1, 0.15) is 11.5 Å². The molecule has 0 unspecified atom stereocenters. The first-order valence-corrected chi connectivity index (χ1v) is 11.0. The minimum Gasteiger partial charge on any atom is -0.497 e. The van der Waals surface area contributed by atoms with E-state index < -0.39 is 18.0 Å². The maximum absolute atomic E-state index is 12.4. The van der Waals surface area contributed by atoms with Gasteiger partial charge >= 0.3 is 5.97 Å². The molecule has 1 N–H and O–H groups in total. The Morgan fingerprint density at radius 2 is 1.63 bits per heavy atom. The summed E-state index contributed by atoms with van der Waals surface area (Å²) in [5.41, 5.74) is 3.35. The third-order valence-corrected chi connectivity index (χ3v) is 5.20. The number of hydrogen-bond donors (Lipinski definition) is 1. The normalized spacial score (nSPS) is 11.6. The van der Waals surface area contributed by atoms with Crippen molar-refractivity contribution in [3.05, 3.63) is 81.8 Å². The van der Waals surface area contributed by atoms with E-state index in [4.69, 9.17) is 42.1 Å². The van der Waals surface area contributed by atoms with E-state index in [2.05, 4.69) is 10.5 Å². The summed E-state index contributed by atoms with van der Waals surface area (Å²) in [6.45, 7) is 1.56. The van der Waals surface area contributed by atoms with Crippen LogP contribution in [0.1, 0.15) is 22.8 Å². The molecule has 0 aromatic heterocycles. The lowest BCUT2D eigenvalue weighted by molar-refractivity contribution is -0.127. The van der Waals surface area contributed by atoms with E-state index in [-0.39, 0.29) is 5.75 Å². The van der Waals surface area contributed by atoms with Crippen LogP contribution in [0, 0.1) is 0 Å². The smallest absolute Gasteiger partial charge is 0.343 e. The number of nitrogens with zero attached hydrogens (tertiary/aromatic N) is 1. The van der Waals surface area contributed by atoms with Crippen molar-refractivity contribution >= 4 is 41.3 Å². The highest BCUT2D eigenvalue weighted by Crippen LogP contribution is 2.29. The number of amides is 1. The third kappa shape index (κ3) is 7.11. The van der Waals surface area contributed by atoms with Crippen molar-refractivity contribution in [3.63, 3.8) is 0 Å². The first-order chi connectivity index (χ1) is 16.8. The minimum absolute atomic E-state index is 0.233. The lowest BCUT2D eigenvalue weighted by Crippen LogP contribution is -2.33. The van der Waals surface area contributed by atoms with Crippen LogP contribution in [-0.4, -0.2) is 38.4 Å². The molecule has 0 saturated carbocycles. The summed E-state index contributed by atoms with van der Waals surface area (Å²) in [4.78, 5) is 24.7. The number of rotatable bonds is 9. The molecule has 0 radical (unpaired) electrons. The van der Waals surface area contributed by atoms with Gasteiger partial charge in [-0.2, -0.15) is 5.10 Å². The molecule has 0 fully saturated rings. The second kappa shape index (κ2) is 12.1. The van der Waals surface area contributed by atoms with Crippen LogP contribution in [0.4, 0.5) is 0 Å². The largest absolute Gasteiger partial charge is 0.497 e. The van der Waals surface area contributed by atoms with Crippen LogP contribution in [0.25, 0.3) is 0 Å². The van der Waals surface area contributed by atoms with Crippen molar-refractivity contribution in [1.82, 2.24) is 5.43 Å². The van der Waals surface area contributed by atoms with Crippen LogP contribution in [0.5, 0.6) is 23.0 Å². The van der Waals surface area contributed by atoms with Gasteiger partial charge in [0, 0.05) is 5.02 Å². The zero-order chi connectivity index (χ0) is 25.4. The number of esters is 1. The number of benzene rings is 3. The Morgan fingerprint density at radius 1 is 0.914 bits per heavy atom. The van der Waals surface area contributed by atoms with E-state index >= 15 is 0 Å². The third-order valence-electron chi connectivity index (χ3n) is 4.67. The number of hydrazone groups is 1. The molecule has 8 nitrogen and oxygen atoms in total. The van der Waals surface area contributed by atoms with Crippen molar-refractivity contribution in [2.45, 2.75) is 13.0 Å². The number of carbonyl (C=O) groups excluding carboxylic acids is 2. The predicted octanol–water partition coefficient (Wildman–Crippen LogP) is 5.15. The first-order valence-electron chi connectivity index (χ1n) is 10.3. The minimum atomic E-state index is -0.861. The van der Waals surface area contributed by atoms with Gasteiger partial charge in [-0.05, 0) is 73.2 Å². The topological polar surface area (TPSA) is 95.5 Å². The highest BCUT2D eigenvalue weighted by Gasteiger charge is 2.16. The number of nitrogens with one attached hydrogen (secondary N) is 1. The van der Waals surface area contributed by atoms with Crippen LogP contribution in [-0.2, 0) is 4.79 Å².